The topological polar surface area (TPSA) is 120 Å². The smallest absolute Gasteiger partial charge is 0.265 e. The molecule has 1 aliphatic carbocycles. The van der Waals surface area contributed by atoms with Crippen LogP contribution >= 0.6 is 11.6 Å². The highest BCUT2D eigenvalue weighted by atomic mass is 35.5. The quantitative estimate of drug-likeness (QED) is 0.299. The number of benzene rings is 3. The molecule has 1 fully saturated rings. The Morgan fingerprint density at radius 1 is 1.08 bits per heavy atom. The van der Waals surface area contributed by atoms with Crippen LogP contribution in [0.15, 0.2) is 59.5 Å². The number of hydroxylamine groups is 1. The summed E-state index contributed by atoms with van der Waals surface area (Å²) in [5, 5.41) is 22.8. The number of nitrogens with one attached hydrogen (secondary N) is 1. The number of aryl methyl sites for hydroxylation is 2. The van der Waals surface area contributed by atoms with Gasteiger partial charge in [0.1, 0.15) is 11.5 Å². The second-order valence-corrected chi connectivity index (χ2v) is 12.0. The molecule has 10 heteroatoms. The number of amides is 1. The number of nitriles is 1. The number of nitrogens with zero attached hydrogens (tertiary/aromatic N) is 2. The van der Waals surface area contributed by atoms with Gasteiger partial charge in [0.15, 0.2) is 0 Å². The number of hydrogen-bond donors (Lipinski definition) is 2. The first-order valence-corrected chi connectivity index (χ1v) is 14.5. The van der Waals surface area contributed by atoms with Gasteiger partial charge in [-0.15, -0.1) is 0 Å². The van der Waals surface area contributed by atoms with Gasteiger partial charge in [0, 0.05) is 10.7 Å². The van der Waals surface area contributed by atoms with Crippen molar-refractivity contribution < 1.29 is 23.2 Å². The molecule has 0 spiro atoms. The Kier molecular flexibility index (Phi) is 8.93. The molecule has 4 rings (SSSR count). The second kappa shape index (κ2) is 12.2. The third-order valence-corrected chi connectivity index (χ3v) is 8.61. The van der Waals surface area contributed by atoms with Gasteiger partial charge in [0.05, 0.1) is 29.0 Å². The number of halogens is 1. The summed E-state index contributed by atoms with van der Waals surface area (Å²) in [7, 11) is -4.06. The molecule has 1 saturated carbocycles. The molecule has 204 valence electrons. The Hall–Kier alpha value is -3.42. The van der Waals surface area contributed by atoms with E-state index in [0.717, 1.165) is 24.8 Å². The molecule has 0 atom stereocenters. The summed E-state index contributed by atoms with van der Waals surface area (Å²) in [6.45, 7) is 3.57. The van der Waals surface area contributed by atoms with Crippen LogP contribution in [0.5, 0.6) is 11.5 Å². The second-order valence-electron chi connectivity index (χ2n) is 9.76. The highest BCUT2D eigenvalue weighted by Crippen LogP contribution is 2.30. The maximum Gasteiger partial charge on any atom is 0.265 e. The molecular formula is C29H30ClN3O5S. The van der Waals surface area contributed by atoms with Gasteiger partial charge in [0.25, 0.3) is 10.0 Å². The number of carbonyl (C=O) groups excluding carboxylic acids is 1. The first-order valence-electron chi connectivity index (χ1n) is 12.7. The van der Waals surface area contributed by atoms with E-state index in [4.69, 9.17) is 16.3 Å². The number of sulfonamides is 1. The molecular weight excluding hydrogens is 538 g/mol. The summed E-state index contributed by atoms with van der Waals surface area (Å²) < 4.78 is 32.4. The molecule has 0 aromatic heterocycles. The van der Waals surface area contributed by atoms with Gasteiger partial charge >= 0.3 is 0 Å². The van der Waals surface area contributed by atoms with Gasteiger partial charge in [-0.2, -0.15) is 5.26 Å². The van der Waals surface area contributed by atoms with E-state index in [0.29, 0.717) is 56.2 Å². The number of hydrogen-bond acceptors (Lipinski definition) is 6. The summed E-state index contributed by atoms with van der Waals surface area (Å²) in [6, 6.07) is 16.2. The van der Waals surface area contributed by atoms with Crippen LogP contribution in [0, 0.1) is 25.2 Å². The van der Waals surface area contributed by atoms with E-state index < -0.39 is 16.1 Å². The van der Waals surface area contributed by atoms with E-state index in [9.17, 15) is 23.7 Å². The molecule has 8 nitrogen and oxygen atoms in total. The van der Waals surface area contributed by atoms with Crippen molar-refractivity contribution in [2.45, 2.75) is 63.3 Å². The molecule has 39 heavy (non-hydrogen) atoms. The average Bonchev–Trinajstić information content (AvgIpc) is 2.91. The number of anilines is 1. The molecule has 0 bridgehead atoms. The van der Waals surface area contributed by atoms with E-state index in [-0.39, 0.29) is 17.2 Å². The number of carbonyl (C=O) groups is 1. The predicted molar refractivity (Wildman–Crippen MR) is 149 cm³/mol. The fourth-order valence-corrected chi connectivity index (χ4v) is 6.21. The third kappa shape index (κ3) is 6.97. The number of rotatable bonds is 8. The first-order chi connectivity index (χ1) is 18.6. The molecule has 0 unspecified atom stereocenters. The molecule has 0 heterocycles. The minimum Gasteiger partial charge on any atom is -0.457 e. The van der Waals surface area contributed by atoms with E-state index in [2.05, 4.69) is 5.32 Å². The molecule has 0 radical (unpaired) electrons. The lowest BCUT2D eigenvalue weighted by molar-refractivity contribution is -0.115. The summed E-state index contributed by atoms with van der Waals surface area (Å²) in [5.74, 6) is 0.659. The Morgan fingerprint density at radius 3 is 2.51 bits per heavy atom. The van der Waals surface area contributed by atoms with Crippen LogP contribution in [0.2, 0.25) is 5.02 Å². The van der Waals surface area contributed by atoms with Crippen LogP contribution in [0.4, 0.5) is 5.69 Å². The molecule has 2 N–H and O–H groups in total. The third-order valence-electron chi connectivity index (χ3n) is 6.75. The molecule has 3 aromatic carbocycles. The van der Waals surface area contributed by atoms with Crippen molar-refractivity contribution in [1.82, 2.24) is 4.47 Å². The summed E-state index contributed by atoms with van der Waals surface area (Å²) in [6.07, 6.45) is 4.14. The van der Waals surface area contributed by atoms with Crippen molar-refractivity contribution in [2.24, 2.45) is 0 Å². The van der Waals surface area contributed by atoms with Crippen molar-refractivity contribution >= 4 is 33.2 Å². The molecule has 0 saturated heterocycles. The first kappa shape index (κ1) is 28.6. The van der Waals surface area contributed by atoms with E-state index >= 15 is 0 Å². The maximum absolute atomic E-state index is 13.0. The van der Waals surface area contributed by atoms with E-state index in [1.807, 2.05) is 25.1 Å². The molecule has 3 aromatic rings. The van der Waals surface area contributed by atoms with Crippen molar-refractivity contribution in [2.75, 3.05) is 5.32 Å². The lowest BCUT2D eigenvalue weighted by atomic mass is 9.96. The van der Waals surface area contributed by atoms with Gasteiger partial charge < -0.3 is 10.1 Å². The lowest BCUT2D eigenvalue weighted by Crippen LogP contribution is -2.38. The zero-order valence-corrected chi connectivity index (χ0v) is 23.3. The Balaban J connectivity index is 1.44. The van der Waals surface area contributed by atoms with Gasteiger partial charge in [-0.3, -0.25) is 10.0 Å². The molecule has 1 amide bonds. The van der Waals surface area contributed by atoms with Crippen molar-refractivity contribution in [3.05, 3.63) is 81.9 Å². The predicted octanol–water partition coefficient (Wildman–Crippen LogP) is 6.51. The number of ether oxygens (including phenoxy) is 1. The highest BCUT2D eigenvalue weighted by Gasteiger charge is 2.31. The highest BCUT2D eigenvalue weighted by molar-refractivity contribution is 7.89. The normalized spacial score (nSPS) is 14.2. The summed E-state index contributed by atoms with van der Waals surface area (Å²) in [4.78, 5) is 12.8. The largest absolute Gasteiger partial charge is 0.457 e. The average molecular weight is 568 g/mol. The van der Waals surface area contributed by atoms with Gasteiger partial charge in [0.2, 0.25) is 5.91 Å². The fraction of sp³-hybridized carbons (Fsp3) is 0.310. The van der Waals surface area contributed by atoms with Gasteiger partial charge in [-0.05, 0) is 85.8 Å². The van der Waals surface area contributed by atoms with Crippen LogP contribution in [0.3, 0.4) is 0 Å². The molecule has 0 aliphatic heterocycles. The van der Waals surface area contributed by atoms with Crippen LogP contribution in [-0.4, -0.2) is 30.0 Å². The van der Waals surface area contributed by atoms with Crippen LogP contribution in [-0.2, 0) is 21.2 Å². The Bertz CT molecular complexity index is 1530. The fourth-order valence-electron chi connectivity index (χ4n) is 4.60. The molecule has 1 aliphatic rings. The standard InChI is InChI=1S/C29H30ClN3O5S/c1-19-8-9-21(15-28(19)38-25-14-22(18-31)13-23(30)17-25)16-29(34)32-27-11-10-26(12-20(27)2)39(36,37)33(35)24-6-4-3-5-7-24/h8-15,17,24,35H,3-7,16H2,1-2H3,(H,32,34). The van der Waals surface area contributed by atoms with Crippen LogP contribution < -0.4 is 10.1 Å². The lowest BCUT2D eigenvalue weighted by Gasteiger charge is -2.28. The van der Waals surface area contributed by atoms with Crippen molar-refractivity contribution in [3.8, 4) is 17.6 Å². The van der Waals surface area contributed by atoms with Gasteiger partial charge in [-0.25, -0.2) is 8.42 Å². The Labute approximate surface area is 233 Å². The van der Waals surface area contributed by atoms with Gasteiger partial charge in [-0.1, -0.05) is 47.5 Å². The van der Waals surface area contributed by atoms with E-state index in [1.54, 1.807) is 31.2 Å². The van der Waals surface area contributed by atoms with Crippen molar-refractivity contribution in [1.29, 1.82) is 5.26 Å². The SMILES string of the molecule is Cc1cc(S(=O)(=O)N(O)C2CCCCC2)ccc1NC(=O)Cc1ccc(C)c(Oc2cc(Cl)cc(C#N)c2)c1. The minimum atomic E-state index is -4.06. The minimum absolute atomic E-state index is 0.0213. The summed E-state index contributed by atoms with van der Waals surface area (Å²) >= 11 is 6.08. The summed E-state index contributed by atoms with van der Waals surface area (Å²) in [5.41, 5.74) is 2.96. The van der Waals surface area contributed by atoms with Crippen LogP contribution in [0.1, 0.15) is 54.4 Å². The van der Waals surface area contributed by atoms with Crippen molar-refractivity contribution in [3.63, 3.8) is 0 Å². The monoisotopic (exact) mass is 567 g/mol. The zero-order chi connectivity index (χ0) is 28.2. The maximum atomic E-state index is 13.0. The van der Waals surface area contributed by atoms with E-state index in [1.165, 1.54) is 18.2 Å². The van der Waals surface area contributed by atoms with Crippen LogP contribution in [0.25, 0.3) is 0 Å². The Morgan fingerprint density at radius 2 is 1.82 bits per heavy atom. The zero-order valence-electron chi connectivity index (χ0n) is 21.8.